The summed E-state index contributed by atoms with van der Waals surface area (Å²) in [4.78, 5) is 17.3. The van der Waals surface area contributed by atoms with Crippen LogP contribution in [0.5, 0.6) is 5.88 Å². The Labute approximate surface area is 165 Å². The fraction of sp³-hybridized carbons (Fsp3) is 0. The maximum absolute atomic E-state index is 5.29. The molecule has 3 aromatic rings. The van der Waals surface area contributed by atoms with Crippen molar-refractivity contribution in [3.63, 3.8) is 0 Å². The summed E-state index contributed by atoms with van der Waals surface area (Å²) in [5, 5.41) is 0.269. The lowest BCUT2D eigenvalue weighted by molar-refractivity contribution is 0.662. The summed E-state index contributed by atoms with van der Waals surface area (Å²) < 4.78 is 5.29. The molecule has 0 unspecified atom stereocenters. The van der Waals surface area contributed by atoms with Gasteiger partial charge in [0.15, 0.2) is 39.7 Å². The minimum atomic E-state index is 0.269. The van der Waals surface area contributed by atoms with Gasteiger partial charge in [0.25, 0.3) is 5.88 Å². The van der Waals surface area contributed by atoms with Crippen LogP contribution in [0.4, 0.5) is 11.5 Å². The fourth-order valence-corrected chi connectivity index (χ4v) is 2.51. The highest BCUT2D eigenvalue weighted by Gasteiger charge is 2.13. The third kappa shape index (κ3) is 4.86. The van der Waals surface area contributed by atoms with Crippen molar-refractivity contribution < 1.29 is 3.07 Å². The Bertz CT molecular complexity index is 902. The van der Waals surface area contributed by atoms with Gasteiger partial charge in [-0.15, -0.1) is 12.6 Å². The molecule has 7 heteroatoms. The molecule has 25 heavy (non-hydrogen) atoms. The van der Waals surface area contributed by atoms with E-state index in [1.807, 2.05) is 60.7 Å². The molecule has 0 bridgehead atoms. The number of hydrogen-bond donors (Lipinski definition) is 1. The number of aromatic nitrogens is 2. The molecule has 1 heterocycles. The number of aliphatic imine (C=N–C) groups is 2. The van der Waals surface area contributed by atoms with E-state index >= 15 is 0 Å². The van der Waals surface area contributed by atoms with Gasteiger partial charge in [-0.2, -0.15) is 4.98 Å². The van der Waals surface area contributed by atoms with E-state index in [1.54, 1.807) is 35.4 Å². The van der Waals surface area contributed by atoms with Crippen LogP contribution in [0.2, 0.25) is 0 Å². The highest BCUT2D eigenvalue weighted by Crippen LogP contribution is 2.36. The van der Waals surface area contributed by atoms with Crippen LogP contribution in [0.15, 0.2) is 75.8 Å². The lowest BCUT2D eigenvalue weighted by atomic mass is 10.2. The van der Waals surface area contributed by atoms with Crippen molar-refractivity contribution in [2.75, 3.05) is 0 Å². The Morgan fingerprint density at radius 1 is 0.840 bits per heavy atom. The first-order valence-electron chi connectivity index (χ1n) is 7.34. The van der Waals surface area contributed by atoms with Gasteiger partial charge < -0.3 is 3.07 Å². The van der Waals surface area contributed by atoms with Crippen LogP contribution >= 0.6 is 35.6 Å². The molecule has 0 amide bonds. The summed E-state index contributed by atoms with van der Waals surface area (Å²) >= 11 is 5.97. The van der Waals surface area contributed by atoms with Crippen molar-refractivity contribution >= 4 is 59.6 Å². The van der Waals surface area contributed by atoms with Crippen LogP contribution in [-0.2, 0) is 0 Å². The zero-order valence-electron chi connectivity index (χ0n) is 13.0. The van der Waals surface area contributed by atoms with Crippen LogP contribution in [-0.4, -0.2) is 22.4 Å². The smallest absolute Gasteiger partial charge is 0.256 e. The summed E-state index contributed by atoms with van der Waals surface area (Å²) in [6.07, 6.45) is 3.44. The van der Waals surface area contributed by atoms with Crippen molar-refractivity contribution in [1.82, 2.24) is 9.97 Å². The van der Waals surface area contributed by atoms with Gasteiger partial charge in [0.2, 0.25) is 0 Å². The van der Waals surface area contributed by atoms with Crippen LogP contribution in [0, 0.1) is 0 Å². The Morgan fingerprint density at radius 3 is 1.96 bits per heavy atom. The lowest BCUT2D eigenvalue weighted by Crippen LogP contribution is -1.91. The van der Waals surface area contributed by atoms with Crippen molar-refractivity contribution in [1.29, 1.82) is 0 Å². The molecule has 1 aromatic heterocycles. The molecule has 124 valence electrons. The maximum Gasteiger partial charge on any atom is 0.256 e. The molecule has 0 aliphatic carbocycles. The van der Waals surface area contributed by atoms with Crippen molar-refractivity contribution in [2.24, 2.45) is 9.98 Å². The second kappa shape index (κ2) is 8.72. The van der Waals surface area contributed by atoms with Crippen molar-refractivity contribution in [3.8, 4) is 5.88 Å². The molecule has 2 aromatic carbocycles. The van der Waals surface area contributed by atoms with E-state index in [9.17, 15) is 0 Å². The summed E-state index contributed by atoms with van der Waals surface area (Å²) in [6.45, 7) is 0. The quantitative estimate of drug-likeness (QED) is 0.253. The molecule has 0 fully saturated rings. The minimum absolute atomic E-state index is 0.269. The Morgan fingerprint density at radius 2 is 1.40 bits per heavy atom. The second-order valence-corrected chi connectivity index (χ2v) is 5.76. The predicted octanol–water partition coefficient (Wildman–Crippen LogP) is 5.00. The normalized spacial score (nSPS) is 11.3. The molecule has 0 spiro atoms. The van der Waals surface area contributed by atoms with Gasteiger partial charge >= 0.3 is 0 Å². The molecule has 0 N–H and O–H groups in total. The number of thiol groups is 1. The van der Waals surface area contributed by atoms with Crippen LogP contribution in [0.1, 0.15) is 11.1 Å². The SMILES string of the molecule is Sc1nc(/N=C/c2ccccc2)c(/N=C/c2ccccc2)c(OI)n1. The first-order valence-corrected chi connectivity index (χ1v) is 8.67. The van der Waals surface area contributed by atoms with Crippen LogP contribution in [0.3, 0.4) is 0 Å². The molecule has 0 aliphatic rings. The van der Waals surface area contributed by atoms with Crippen molar-refractivity contribution in [3.05, 3.63) is 71.8 Å². The van der Waals surface area contributed by atoms with Gasteiger partial charge in [-0.05, 0) is 11.1 Å². The van der Waals surface area contributed by atoms with Gasteiger partial charge in [-0.25, -0.2) is 15.0 Å². The largest absolute Gasteiger partial charge is 0.406 e. The standard InChI is InChI=1S/C18H13IN4OS/c19-24-17-15(20-11-13-7-3-1-4-8-13)16(22-18(25)23-17)21-12-14-9-5-2-6-10-14/h1-12H,(H,22,23,25)/b20-11+,21-12+. The average molecular weight is 460 g/mol. The molecule has 0 saturated heterocycles. The second-order valence-electron chi connectivity index (χ2n) is 4.92. The van der Waals surface area contributed by atoms with E-state index in [0.717, 1.165) is 11.1 Å². The zero-order chi connectivity index (χ0) is 17.5. The predicted molar refractivity (Wildman–Crippen MR) is 111 cm³/mol. The van der Waals surface area contributed by atoms with E-state index in [4.69, 9.17) is 3.07 Å². The highest BCUT2D eigenvalue weighted by molar-refractivity contribution is 14.1. The fourth-order valence-electron chi connectivity index (χ4n) is 2.02. The number of halogens is 1. The summed E-state index contributed by atoms with van der Waals surface area (Å²) in [7, 11) is 0. The van der Waals surface area contributed by atoms with Gasteiger partial charge in [0.1, 0.15) is 0 Å². The van der Waals surface area contributed by atoms with E-state index in [2.05, 4.69) is 32.6 Å². The van der Waals surface area contributed by atoms with Crippen molar-refractivity contribution in [2.45, 2.75) is 5.16 Å². The Balaban J connectivity index is 2.00. The van der Waals surface area contributed by atoms with Gasteiger partial charge in [-0.1, -0.05) is 60.7 Å². The highest BCUT2D eigenvalue weighted by atomic mass is 127. The molecule has 5 nitrogen and oxygen atoms in total. The number of benzene rings is 2. The van der Waals surface area contributed by atoms with E-state index in [-0.39, 0.29) is 5.16 Å². The molecule has 0 saturated carbocycles. The lowest BCUT2D eigenvalue weighted by Gasteiger charge is -2.05. The molecule has 0 radical (unpaired) electrons. The van der Waals surface area contributed by atoms with E-state index in [1.165, 1.54) is 0 Å². The summed E-state index contributed by atoms with van der Waals surface area (Å²) in [6, 6.07) is 19.5. The third-order valence-electron chi connectivity index (χ3n) is 3.17. The molecule has 3 rings (SSSR count). The first-order chi connectivity index (χ1) is 12.3. The Hall–Kier alpha value is -2.26. The van der Waals surface area contributed by atoms with Gasteiger partial charge in [0, 0.05) is 12.4 Å². The first kappa shape index (κ1) is 17.6. The Kier molecular flexibility index (Phi) is 6.13. The molecular formula is C18H13IN4OS. The monoisotopic (exact) mass is 460 g/mol. The number of hydrogen-bond acceptors (Lipinski definition) is 6. The van der Waals surface area contributed by atoms with Gasteiger partial charge in [-0.3, -0.25) is 0 Å². The molecule has 0 aliphatic heterocycles. The van der Waals surface area contributed by atoms with Crippen LogP contribution < -0.4 is 3.07 Å². The van der Waals surface area contributed by atoms with E-state index < -0.39 is 0 Å². The van der Waals surface area contributed by atoms with Crippen LogP contribution in [0.25, 0.3) is 0 Å². The third-order valence-corrected chi connectivity index (χ3v) is 3.79. The summed E-state index contributed by atoms with van der Waals surface area (Å²) in [5.74, 6) is 0.704. The zero-order valence-corrected chi connectivity index (χ0v) is 16.0. The van der Waals surface area contributed by atoms with E-state index in [0.29, 0.717) is 17.4 Å². The number of rotatable bonds is 5. The summed E-state index contributed by atoms with van der Waals surface area (Å²) in [5.41, 5.74) is 2.36. The molecule has 0 atom stereocenters. The van der Waals surface area contributed by atoms with Gasteiger partial charge in [0.05, 0.1) is 0 Å². The topological polar surface area (TPSA) is 59.7 Å². The minimum Gasteiger partial charge on any atom is -0.406 e. The number of nitrogens with zero attached hydrogens (tertiary/aromatic N) is 4. The molecular weight excluding hydrogens is 447 g/mol. The maximum atomic E-state index is 5.29. The average Bonchev–Trinajstić information content (AvgIpc) is 2.66.